The number of aromatic nitrogens is 4. The van der Waals surface area contributed by atoms with Crippen LogP contribution in [0, 0.1) is 5.92 Å². The maximum atomic E-state index is 12.2. The molecule has 0 aliphatic carbocycles. The van der Waals surface area contributed by atoms with E-state index in [1.54, 1.807) is 4.68 Å². The van der Waals surface area contributed by atoms with Gasteiger partial charge in [-0.2, -0.15) is 0 Å². The maximum Gasteiger partial charge on any atom is 0.233 e. The molecular weight excluding hydrogens is 274 g/mol. The fourth-order valence-corrected chi connectivity index (χ4v) is 3.09. The largest absolute Gasteiger partial charge is 0.342 e. The summed E-state index contributed by atoms with van der Waals surface area (Å²) >= 11 is 1.44. The van der Waals surface area contributed by atoms with Crippen LogP contribution in [0.15, 0.2) is 5.16 Å². The van der Waals surface area contributed by atoms with Crippen molar-refractivity contribution in [3.8, 4) is 0 Å². The van der Waals surface area contributed by atoms with Gasteiger partial charge in [0.05, 0.1) is 5.75 Å². The first-order valence-electron chi connectivity index (χ1n) is 7.33. The van der Waals surface area contributed by atoms with Crippen LogP contribution in [0.25, 0.3) is 0 Å². The zero-order valence-corrected chi connectivity index (χ0v) is 13.1. The molecule has 112 valence electrons. The van der Waals surface area contributed by atoms with Crippen LogP contribution in [-0.4, -0.2) is 49.9 Å². The molecule has 0 bridgehead atoms. The van der Waals surface area contributed by atoms with Crippen LogP contribution < -0.4 is 0 Å². The van der Waals surface area contributed by atoms with E-state index in [0.717, 1.165) is 37.6 Å². The van der Waals surface area contributed by atoms with E-state index in [-0.39, 0.29) is 5.91 Å². The van der Waals surface area contributed by atoms with Crippen molar-refractivity contribution in [1.29, 1.82) is 0 Å². The molecule has 6 nitrogen and oxygen atoms in total. The van der Waals surface area contributed by atoms with Crippen LogP contribution in [0.4, 0.5) is 0 Å². The third-order valence-corrected chi connectivity index (χ3v) is 4.26. The Morgan fingerprint density at radius 1 is 1.25 bits per heavy atom. The molecule has 0 radical (unpaired) electrons. The van der Waals surface area contributed by atoms with Gasteiger partial charge in [0.1, 0.15) is 0 Å². The van der Waals surface area contributed by atoms with E-state index in [4.69, 9.17) is 0 Å². The van der Waals surface area contributed by atoms with Gasteiger partial charge in [0.25, 0.3) is 0 Å². The lowest BCUT2D eigenvalue weighted by Crippen LogP contribution is -2.33. The Balaban J connectivity index is 1.85. The van der Waals surface area contributed by atoms with Crippen molar-refractivity contribution >= 4 is 17.7 Å². The summed E-state index contributed by atoms with van der Waals surface area (Å²) in [6.45, 7) is 6.83. The number of rotatable bonds is 5. The Hall–Kier alpha value is -1.11. The van der Waals surface area contributed by atoms with E-state index in [2.05, 4.69) is 29.4 Å². The fraction of sp³-hybridized carbons (Fsp3) is 0.846. The minimum absolute atomic E-state index is 0.205. The van der Waals surface area contributed by atoms with Gasteiger partial charge in [-0.05, 0) is 29.2 Å². The monoisotopic (exact) mass is 297 g/mol. The first kappa shape index (κ1) is 15.3. The molecule has 1 amide bonds. The van der Waals surface area contributed by atoms with Gasteiger partial charge in [0, 0.05) is 19.6 Å². The molecule has 1 saturated heterocycles. The lowest BCUT2D eigenvalue weighted by atomic mass is 10.2. The zero-order chi connectivity index (χ0) is 14.4. The molecule has 0 spiro atoms. The molecule has 1 aromatic rings. The number of thioether (sulfide) groups is 1. The summed E-state index contributed by atoms with van der Waals surface area (Å²) in [5.74, 6) is 1.12. The topological polar surface area (TPSA) is 63.9 Å². The molecule has 0 aromatic carbocycles. The van der Waals surface area contributed by atoms with E-state index in [1.807, 2.05) is 4.90 Å². The third-order valence-electron chi connectivity index (χ3n) is 3.32. The second-order valence-electron chi connectivity index (χ2n) is 5.62. The van der Waals surface area contributed by atoms with Crippen molar-refractivity contribution in [3.05, 3.63) is 0 Å². The Morgan fingerprint density at radius 3 is 2.60 bits per heavy atom. The van der Waals surface area contributed by atoms with Gasteiger partial charge >= 0.3 is 0 Å². The minimum atomic E-state index is 0.205. The van der Waals surface area contributed by atoms with E-state index < -0.39 is 0 Å². The number of amides is 1. The van der Waals surface area contributed by atoms with Gasteiger partial charge in [-0.15, -0.1) is 5.10 Å². The number of carbonyl (C=O) groups is 1. The molecule has 0 atom stereocenters. The summed E-state index contributed by atoms with van der Waals surface area (Å²) in [5.41, 5.74) is 0. The lowest BCUT2D eigenvalue weighted by Gasteiger charge is -2.19. The van der Waals surface area contributed by atoms with Gasteiger partial charge < -0.3 is 4.90 Å². The average molecular weight is 297 g/mol. The first-order chi connectivity index (χ1) is 9.66. The minimum Gasteiger partial charge on any atom is -0.342 e. The quantitative estimate of drug-likeness (QED) is 0.776. The van der Waals surface area contributed by atoms with Crippen LogP contribution in [-0.2, 0) is 11.3 Å². The molecule has 7 heteroatoms. The Morgan fingerprint density at radius 2 is 1.95 bits per heavy atom. The van der Waals surface area contributed by atoms with Crippen LogP contribution in [0.5, 0.6) is 0 Å². The summed E-state index contributed by atoms with van der Waals surface area (Å²) in [5, 5.41) is 12.4. The number of likely N-dealkylation sites (tertiary alicyclic amines) is 1. The van der Waals surface area contributed by atoms with E-state index in [0.29, 0.717) is 11.7 Å². The summed E-state index contributed by atoms with van der Waals surface area (Å²) in [4.78, 5) is 14.2. The number of hydrogen-bond donors (Lipinski definition) is 0. The van der Waals surface area contributed by atoms with Crippen molar-refractivity contribution in [2.75, 3.05) is 18.8 Å². The summed E-state index contributed by atoms with van der Waals surface area (Å²) < 4.78 is 1.78. The van der Waals surface area contributed by atoms with E-state index in [9.17, 15) is 4.79 Å². The molecule has 1 aliphatic rings. The number of carbonyl (C=O) groups excluding carboxylic acids is 1. The van der Waals surface area contributed by atoms with Crippen molar-refractivity contribution in [2.24, 2.45) is 5.92 Å². The highest BCUT2D eigenvalue weighted by Crippen LogP contribution is 2.17. The second kappa shape index (κ2) is 7.61. The molecule has 1 fully saturated rings. The Labute approximate surface area is 124 Å². The van der Waals surface area contributed by atoms with Gasteiger partial charge in [-0.3, -0.25) is 4.79 Å². The van der Waals surface area contributed by atoms with Gasteiger partial charge in [0.15, 0.2) is 0 Å². The maximum absolute atomic E-state index is 12.2. The normalized spacial score (nSPS) is 16.4. The fourth-order valence-electron chi connectivity index (χ4n) is 2.30. The summed E-state index contributed by atoms with van der Waals surface area (Å²) in [6.07, 6.45) is 4.73. The molecule has 2 rings (SSSR count). The van der Waals surface area contributed by atoms with Crippen molar-refractivity contribution < 1.29 is 4.79 Å². The number of nitrogens with zero attached hydrogens (tertiary/aromatic N) is 5. The van der Waals surface area contributed by atoms with Gasteiger partial charge in [0.2, 0.25) is 11.1 Å². The van der Waals surface area contributed by atoms with Crippen LogP contribution in [0.2, 0.25) is 0 Å². The molecule has 0 saturated carbocycles. The Kier molecular flexibility index (Phi) is 5.82. The molecule has 2 heterocycles. The Bertz CT molecular complexity index is 426. The molecule has 1 aliphatic heterocycles. The summed E-state index contributed by atoms with van der Waals surface area (Å²) in [7, 11) is 0. The SMILES string of the molecule is CC(C)Cn1nnnc1SCC(=O)N1CCCCCC1. The van der Waals surface area contributed by atoms with Crippen LogP contribution in [0.3, 0.4) is 0 Å². The van der Waals surface area contributed by atoms with E-state index >= 15 is 0 Å². The number of tetrazole rings is 1. The van der Waals surface area contributed by atoms with Crippen LogP contribution in [0.1, 0.15) is 39.5 Å². The zero-order valence-electron chi connectivity index (χ0n) is 12.3. The van der Waals surface area contributed by atoms with Gasteiger partial charge in [-0.25, -0.2) is 4.68 Å². The second-order valence-corrected chi connectivity index (χ2v) is 6.56. The molecular formula is C13H23N5OS. The molecule has 0 N–H and O–H groups in total. The van der Waals surface area contributed by atoms with Crippen LogP contribution >= 0.6 is 11.8 Å². The smallest absolute Gasteiger partial charge is 0.233 e. The molecule has 0 unspecified atom stereocenters. The highest BCUT2D eigenvalue weighted by atomic mass is 32.2. The standard InChI is InChI=1S/C13H23N5OS/c1-11(2)9-18-13(14-15-16-18)20-10-12(19)17-7-5-3-4-6-8-17/h11H,3-10H2,1-2H3. The van der Waals surface area contributed by atoms with Crippen molar-refractivity contribution in [3.63, 3.8) is 0 Å². The average Bonchev–Trinajstić information content (AvgIpc) is 2.67. The number of hydrogen-bond acceptors (Lipinski definition) is 5. The van der Waals surface area contributed by atoms with Crippen molar-refractivity contribution in [1.82, 2.24) is 25.1 Å². The van der Waals surface area contributed by atoms with Crippen molar-refractivity contribution in [2.45, 2.75) is 51.2 Å². The predicted molar refractivity (Wildman–Crippen MR) is 78.4 cm³/mol. The highest BCUT2D eigenvalue weighted by molar-refractivity contribution is 7.99. The highest BCUT2D eigenvalue weighted by Gasteiger charge is 2.17. The van der Waals surface area contributed by atoms with E-state index in [1.165, 1.54) is 24.6 Å². The molecule has 1 aromatic heterocycles. The summed E-state index contributed by atoms with van der Waals surface area (Å²) in [6, 6.07) is 0. The lowest BCUT2D eigenvalue weighted by molar-refractivity contribution is -0.128. The molecule has 20 heavy (non-hydrogen) atoms. The van der Waals surface area contributed by atoms with Gasteiger partial charge in [-0.1, -0.05) is 38.5 Å². The first-order valence-corrected chi connectivity index (χ1v) is 8.32. The third kappa shape index (κ3) is 4.47. The predicted octanol–water partition coefficient (Wildman–Crippen LogP) is 1.82.